The van der Waals surface area contributed by atoms with Gasteiger partial charge in [-0.25, -0.2) is 4.39 Å². The fourth-order valence-corrected chi connectivity index (χ4v) is 2.25. The summed E-state index contributed by atoms with van der Waals surface area (Å²) in [6.45, 7) is 1.53. The third-order valence-electron chi connectivity index (χ3n) is 2.50. The maximum Gasteiger partial charge on any atom is 0.252 e. The van der Waals surface area contributed by atoms with E-state index in [9.17, 15) is 14.0 Å². The molecule has 2 aromatic heterocycles. The molecule has 0 fully saturated rings. The summed E-state index contributed by atoms with van der Waals surface area (Å²) in [5.74, 6) is -0.873. The van der Waals surface area contributed by atoms with E-state index in [0.717, 1.165) is 6.20 Å². The van der Waals surface area contributed by atoms with Crippen LogP contribution in [0.15, 0.2) is 29.9 Å². The fraction of sp³-hybridized carbons (Fsp3) is 0.154. The molecule has 0 saturated heterocycles. The molecule has 0 aliphatic heterocycles. The van der Waals surface area contributed by atoms with E-state index in [2.05, 4.69) is 10.3 Å². The van der Waals surface area contributed by atoms with Crippen molar-refractivity contribution in [2.24, 2.45) is 0 Å². The van der Waals surface area contributed by atoms with Crippen LogP contribution in [0.25, 0.3) is 0 Å². The number of rotatable bonds is 4. The smallest absolute Gasteiger partial charge is 0.252 e. The van der Waals surface area contributed by atoms with Crippen molar-refractivity contribution in [3.05, 3.63) is 51.7 Å². The highest BCUT2D eigenvalue weighted by Gasteiger charge is 2.11. The molecule has 6 heteroatoms. The van der Waals surface area contributed by atoms with Gasteiger partial charge in [-0.15, -0.1) is 11.3 Å². The molecular weight excluding hydrogens is 267 g/mol. The van der Waals surface area contributed by atoms with Crippen molar-refractivity contribution in [1.29, 1.82) is 0 Å². The zero-order chi connectivity index (χ0) is 13.8. The van der Waals surface area contributed by atoms with Gasteiger partial charge < -0.3 is 5.32 Å². The van der Waals surface area contributed by atoms with Crippen LogP contribution in [0.3, 0.4) is 0 Å². The number of pyridine rings is 1. The predicted octanol–water partition coefficient (Wildman–Crippen LogP) is 2.41. The molecule has 0 atom stereocenters. The first-order valence-electron chi connectivity index (χ1n) is 5.54. The zero-order valence-corrected chi connectivity index (χ0v) is 11.0. The van der Waals surface area contributed by atoms with Crippen molar-refractivity contribution >= 4 is 23.0 Å². The van der Waals surface area contributed by atoms with E-state index >= 15 is 0 Å². The van der Waals surface area contributed by atoms with E-state index in [0.29, 0.717) is 16.0 Å². The number of aromatic nitrogens is 1. The second-order valence-electron chi connectivity index (χ2n) is 3.91. The van der Waals surface area contributed by atoms with Gasteiger partial charge in [-0.05, 0) is 19.1 Å². The van der Waals surface area contributed by atoms with Crippen LogP contribution in [0.4, 0.5) is 4.39 Å². The molecule has 19 heavy (non-hydrogen) atoms. The lowest BCUT2D eigenvalue weighted by atomic mass is 10.2. The summed E-state index contributed by atoms with van der Waals surface area (Å²) in [5.41, 5.74) is 0.773. The molecule has 0 unspecified atom stereocenters. The highest BCUT2D eigenvalue weighted by Crippen LogP contribution is 2.15. The van der Waals surface area contributed by atoms with Gasteiger partial charge >= 0.3 is 0 Å². The summed E-state index contributed by atoms with van der Waals surface area (Å²) in [6, 6.07) is 3.04. The predicted molar refractivity (Wildman–Crippen MR) is 69.7 cm³/mol. The molecule has 0 aromatic carbocycles. The van der Waals surface area contributed by atoms with Crippen molar-refractivity contribution in [2.75, 3.05) is 0 Å². The fourth-order valence-electron chi connectivity index (χ4n) is 1.46. The molecule has 2 aromatic rings. The first-order valence-corrected chi connectivity index (χ1v) is 6.42. The van der Waals surface area contributed by atoms with E-state index < -0.39 is 5.82 Å². The molecule has 0 aliphatic rings. The third-order valence-corrected chi connectivity index (χ3v) is 3.54. The third kappa shape index (κ3) is 3.23. The molecule has 0 radical (unpaired) electrons. The number of carbonyl (C=O) groups is 2. The van der Waals surface area contributed by atoms with E-state index in [1.807, 2.05) is 0 Å². The zero-order valence-electron chi connectivity index (χ0n) is 10.1. The Morgan fingerprint density at radius 2 is 2.26 bits per heavy atom. The van der Waals surface area contributed by atoms with Gasteiger partial charge in [-0.3, -0.25) is 14.6 Å². The Hall–Kier alpha value is -2.08. The molecule has 98 valence electrons. The van der Waals surface area contributed by atoms with Crippen LogP contribution >= 0.6 is 11.3 Å². The number of amides is 1. The lowest BCUT2D eigenvalue weighted by Crippen LogP contribution is -2.22. The van der Waals surface area contributed by atoms with Crippen LogP contribution in [0.5, 0.6) is 0 Å². The van der Waals surface area contributed by atoms with Crippen LogP contribution in [-0.4, -0.2) is 16.7 Å². The number of ketones is 1. The molecule has 0 saturated carbocycles. The first kappa shape index (κ1) is 13.4. The van der Waals surface area contributed by atoms with Crippen molar-refractivity contribution < 1.29 is 14.0 Å². The van der Waals surface area contributed by atoms with Gasteiger partial charge in [0.15, 0.2) is 5.78 Å². The SMILES string of the molecule is CC(=O)c1cc(C(=O)NCc2ccncc2F)cs1. The summed E-state index contributed by atoms with van der Waals surface area (Å²) in [5, 5.41) is 4.20. The van der Waals surface area contributed by atoms with Crippen molar-refractivity contribution in [2.45, 2.75) is 13.5 Å². The highest BCUT2D eigenvalue weighted by molar-refractivity contribution is 7.12. The topological polar surface area (TPSA) is 59.1 Å². The molecule has 1 N–H and O–H groups in total. The van der Waals surface area contributed by atoms with Crippen LogP contribution in [0.2, 0.25) is 0 Å². The summed E-state index contributed by atoms with van der Waals surface area (Å²) in [4.78, 5) is 27.1. The van der Waals surface area contributed by atoms with Gasteiger partial charge in [0, 0.05) is 23.7 Å². The summed E-state index contributed by atoms with van der Waals surface area (Å²) in [6.07, 6.45) is 2.56. The Morgan fingerprint density at radius 3 is 2.89 bits per heavy atom. The summed E-state index contributed by atoms with van der Waals surface area (Å²) < 4.78 is 13.3. The average molecular weight is 278 g/mol. The Labute approximate surface area is 113 Å². The van der Waals surface area contributed by atoms with Crippen LogP contribution in [0, 0.1) is 5.82 Å². The van der Waals surface area contributed by atoms with Gasteiger partial charge in [0.25, 0.3) is 5.91 Å². The van der Waals surface area contributed by atoms with E-state index in [1.165, 1.54) is 36.6 Å². The average Bonchev–Trinajstić information content (AvgIpc) is 2.87. The molecule has 0 aliphatic carbocycles. The number of hydrogen-bond acceptors (Lipinski definition) is 4. The van der Waals surface area contributed by atoms with Crippen LogP contribution < -0.4 is 5.32 Å². The number of nitrogens with one attached hydrogen (secondary N) is 1. The van der Waals surface area contributed by atoms with Gasteiger partial charge in [0.05, 0.1) is 16.6 Å². The highest BCUT2D eigenvalue weighted by atomic mass is 32.1. The van der Waals surface area contributed by atoms with Crippen molar-refractivity contribution in [3.8, 4) is 0 Å². The van der Waals surface area contributed by atoms with E-state index in [4.69, 9.17) is 0 Å². The van der Waals surface area contributed by atoms with Crippen LogP contribution in [0.1, 0.15) is 32.5 Å². The summed E-state index contributed by atoms with van der Waals surface area (Å²) >= 11 is 1.22. The second kappa shape index (κ2) is 5.71. The lowest BCUT2D eigenvalue weighted by Gasteiger charge is -2.04. The van der Waals surface area contributed by atoms with Gasteiger partial charge in [0.1, 0.15) is 5.82 Å². The minimum absolute atomic E-state index is 0.0794. The molecule has 0 spiro atoms. The van der Waals surface area contributed by atoms with Gasteiger partial charge in [0.2, 0.25) is 0 Å². The standard InChI is InChI=1S/C13H11FN2O2S/c1-8(17)12-4-10(7-19-12)13(18)16-5-9-2-3-15-6-11(9)14/h2-4,6-7H,5H2,1H3,(H,16,18). The van der Waals surface area contributed by atoms with E-state index in [1.54, 1.807) is 5.38 Å². The Bertz CT molecular complexity index is 625. The molecule has 2 heterocycles. The molecule has 4 nitrogen and oxygen atoms in total. The maximum atomic E-state index is 13.3. The Kier molecular flexibility index (Phi) is 4.01. The maximum absolute atomic E-state index is 13.3. The Balaban J connectivity index is 2.01. The largest absolute Gasteiger partial charge is 0.348 e. The number of Topliss-reactive ketones (excluding diaryl/α,β-unsaturated/α-hetero) is 1. The van der Waals surface area contributed by atoms with Crippen LogP contribution in [-0.2, 0) is 6.54 Å². The number of nitrogens with zero attached hydrogens (tertiary/aromatic N) is 1. The minimum Gasteiger partial charge on any atom is -0.348 e. The van der Waals surface area contributed by atoms with E-state index in [-0.39, 0.29) is 18.2 Å². The number of carbonyl (C=O) groups excluding carboxylic acids is 2. The van der Waals surface area contributed by atoms with Gasteiger partial charge in [-0.1, -0.05) is 0 Å². The minimum atomic E-state index is -0.461. The normalized spacial score (nSPS) is 10.2. The molecule has 1 amide bonds. The Morgan fingerprint density at radius 1 is 1.47 bits per heavy atom. The molecule has 0 bridgehead atoms. The lowest BCUT2D eigenvalue weighted by molar-refractivity contribution is 0.0951. The number of halogens is 1. The number of hydrogen-bond donors (Lipinski definition) is 1. The quantitative estimate of drug-likeness (QED) is 0.874. The van der Waals surface area contributed by atoms with Gasteiger partial charge in [-0.2, -0.15) is 0 Å². The molecule has 2 rings (SSSR count). The van der Waals surface area contributed by atoms with Crippen molar-refractivity contribution in [3.63, 3.8) is 0 Å². The second-order valence-corrected chi connectivity index (χ2v) is 4.82. The number of thiophene rings is 1. The first-order chi connectivity index (χ1) is 9.08. The van der Waals surface area contributed by atoms with Crippen molar-refractivity contribution in [1.82, 2.24) is 10.3 Å². The molecular formula is C13H11FN2O2S. The monoisotopic (exact) mass is 278 g/mol. The summed E-state index contributed by atoms with van der Waals surface area (Å²) in [7, 11) is 0.